The van der Waals surface area contributed by atoms with Crippen molar-refractivity contribution in [3.63, 3.8) is 0 Å². The number of ketones is 2. The van der Waals surface area contributed by atoms with Gasteiger partial charge >= 0.3 is 0 Å². The van der Waals surface area contributed by atoms with E-state index in [-0.39, 0.29) is 35.2 Å². The average Bonchev–Trinajstić information content (AvgIpc) is 2.49. The molecule has 2 fully saturated rings. The molecule has 0 bridgehead atoms. The molecular formula is C21H36O3. The van der Waals surface area contributed by atoms with Gasteiger partial charge in [-0.3, -0.25) is 9.59 Å². The molecule has 0 aromatic heterocycles. The summed E-state index contributed by atoms with van der Waals surface area (Å²) in [4.78, 5) is 24.9. The van der Waals surface area contributed by atoms with Gasteiger partial charge in [0.1, 0.15) is 11.6 Å². The molecule has 0 aliphatic heterocycles. The third-order valence-electron chi connectivity index (χ3n) is 7.07. The molecule has 0 spiro atoms. The first-order valence-corrected chi connectivity index (χ1v) is 9.93. The molecular weight excluding hydrogens is 300 g/mol. The zero-order valence-electron chi connectivity index (χ0n) is 16.2. The predicted octanol–water partition coefficient (Wildman–Crippen LogP) is 4.41. The molecule has 3 nitrogen and oxygen atoms in total. The molecule has 3 heteroatoms. The molecule has 0 amide bonds. The Hall–Kier alpha value is -0.700. The van der Waals surface area contributed by atoms with Crippen LogP contribution in [0.2, 0.25) is 0 Å². The van der Waals surface area contributed by atoms with Gasteiger partial charge in [-0.05, 0) is 41.9 Å². The minimum Gasteiger partial charge on any atom is -0.393 e. The second-order valence-corrected chi connectivity index (χ2v) is 9.06. The minimum absolute atomic E-state index is 0.0182. The van der Waals surface area contributed by atoms with Crippen LogP contribution in [0.4, 0.5) is 0 Å². The molecule has 2 rings (SSSR count). The molecule has 2 aliphatic carbocycles. The van der Waals surface area contributed by atoms with Crippen molar-refractivity contribution >= 4 is 11.6 Å². The second-order valence-electron chi connectivity index (χ2n) is 9.06. The zero-order valence-corrected chi connectivity index (χ0v) is 16.2. The molecule has 1 N–H and O–H groups in total. The largest absolute Gasteiger partial charge is 0.393 e. The summed E-state index contributed by atoms with van der Waals surface area (Å²) < 4.78 is 0. The zero-order chi connectivity index (χ0) is 18.1. The Morgan fingerprint density at radius 2 is 1.88 bits per heavy atom. The molecule has 0 aromatic carbocycles. The lowest BCUT2D eigenvalue weighted by molar-refractivity contribution is -0.149. The fourth-order valence-electron chi connectivity index (χ4n) is 5.33. The Morgan fingerprint density at radius 3 is 2.46 bits per heavy atom. The van der Waals surface area contributed by atoms with Crippen LogP contribution in [0.3, 0.4) is 0 Å². The quantitative estimate of drug-likeness (QED) is 0.781. The summed E-state index contributed by atoms with van der Waals surface area (Å²) in [5.41, 5.74) is 0.0182. The molecule has 0 radical (unpaired) electrons. The van der Waals surface area contributed by atoms with E-state index in [0.29, 0.717) is 43.2 Å². The van der Waals surface area contributed by atoms with E-state index in [1.54, 1.807) is 0 Å². The van der Waals surface area contributed by atoms with Crippen LogP contribution in [0.25, 0.3) is 0 Å². The standard InChI is InChI=1S/C21H36O3/c1-6-7-14(4)20-17(12-18(23)13(2)3)21(5)9-8-16(22)10-15(21)11-19(20)24/h13-15,17-18,20,23H,6-12H2,1-5H3/t14?,15-,17?,18?,20?,21-/m0/s1. The third kappa shape index (κ3) is 3.76. The fraction of sp³-hybridized carbons (Fsp3) is 0.905. The summed E-state index contributed by atoms with van der Waals surface area (Å²) in [7, 11) is 0. The van der Waals surface area contributed by atoms with Gasteiger partial charge in [-0.25, -0.2) is 0 Å². The normalized spacial score (nSPS) is 36.5. The van der Waals surface area contributed by atoms with E-state index in [1.807, 2.05) is 13.8 Å². The van der Waals surface area contributed by atoms with Gasteiger partial charge in [0, 0.05) is 25.2 Å². The van der Waals surface area contributed by atoms with E-state index < -0.39 is 0 Å². The number of Topliss-reactive ketones (excluding diaryl/α,β-unsaturated/α-hetero) is 2. The molecule has 6 atom stereocenters. The van der Waals surface area contributed by atoms with Crippen LogP contribution in [0.1, 0.15) is 79.6 Å². The number of fused-ring (bicyclic) bond motifs is 1. The molecule has 0 saturated heterocycles. The summed E-state index contributed by atoms with van der Waals surface area (Å²) in [6.07, 6.45) is 5.13. The first-order valence-electron chi connectivity index (χ1n) is 9.93. The maximum atomic E-state index is 13.0. The summed E-state index contributed by atoms with van der Waals surface area (Å²) in [6, 6.07) is 0. The summed E-state index contributed by atoms with van der Waals surface area (Å²) in [6.45, 7) is 10.8. The van der Waals surface area contributed by atoms with Crippen LogP contribution in [-0.4, -0.2) is 22.8 Å². The topological polar surface area (TPSA) is 54.4 Å². The first kappa shape index (κ1) is 19.6. The second kappa shape index (κ2) is 7.68. The van der Waals surface area contributed by atoms with E-state index in [1.165, 1.54) is 0 Å². The van der Waals surface area contributed by atoms with Crippen molar-refractivity contribution in [2.45, 2.75) is 85.7 Å². The molecule has 24 heavy (non-hydrogen) atoms. The smallest absolute Gasteiger partial charge is 0.136 e. The highest BCUT2D eigenvalue weighted by Gasteiger charge is 2.54. The van der Waals surface area contributed by atoms with Crippen LogP contribution in [0.15, 0.2) is 0 Å². The number of carbonyl (C=O) groups is 2. The molecule has 2 saturated carbocycles. The maximum absolute atomic E-state index is 13.0. The molecule has 4 unspecified atom stereocenters. The van der Waals surface area contributed by atoms with Crippen LogP contribution in [0.5, 0.6) is 0 Å². The van der Waals surface area contributed by atoms with Gasteiger partial charge < -0.3 is 5.11 Å². The number of aliphatic hydroxyl groups excluding tert-OH is 1. The lowest BCUT2D eigenvalue weighted by Crippen LogP contribution is -2.53. The number of carbonyl (C=O) groups excluding carboxylic acids is 2. The van der Waals surface area contributed by atoms with Crippen molar-refractivity contribution in [1.29, 1.82) is 0 Å². The Bertz CT molecular complexity index is 470. The van der Waals surface area contributed by atoms with Crippen molar-refractivity contribution in [2.24, 2.45) is 35.0 Å². The highest BCUT2D eigenvalue weighted by atomic mass is 16.3. The van der Waals surface area contributed by atoms with Crippen molar-refractivity contribution in [1.82, 2.24) is 0 Å². The van der Waals surface area contributed by atoms with E-state index in [2.05, 4.69) is 20.8 Å². The Labute approximate surface area is 147 Å². The van der Waals surface area contributed by atoms with Crippen LogP contribution in [0, 0.1) is 35.0 Å². The highest BCUT2D eigenvalue weighted by Crippen LogP contribution is 2.56. The van der Waals surface area contributed by atoms with E-state index in [0.717, 1.165) is 19.3 Å². The molecule has 0 aromatic rings. The van der Waals surface area contributed by atoms with Gasteiger partial charge in [0.05, 0.1) is 6.10 Å². The molecule has 138 valence electrons. The van der Waals surface area contributed by atoms with Gasteiger partial charge in [0.25, 0.3) is 0 Å². The minimum atomic E-state index is -0.368. The third-order valence-corrected chi connectivity index (χ3v) is 7.07. The van der Waals surface area contributed by atoms with Gasteiger partial charge in [0.2, 0.25) is 0 Å². The van der Waals surface area contributed by atoms with Crippen molar-refractivity contribution in [2.75, 3.05) is 0 Å². The van der Waals surface area contributed by atoms with Gasteiger partial charge in [0.15, 0.2) is 0 Å². The number of rotatable bonds is 6. The van der Waals surface area contributed by atoms with Crippen LogP contribution in [-0.2, 0) is 9.59 Å². The summed E-state index contributed by atoms with van der Waals surface area (Å²) in [5, 5.41) is 10.6. The molecule has 0 heterocycles. The van der Waals surface area contributed by atoms with Crippen molar-refractivity contribution in [3.8, 4) is 0 Å². The monoisotopic (exact) mass is 336 g/mol. The van der Waals surface area contributed by atoms with E-state index in [4.69, 9.17) is 0 Å². The van der Waals surface area contributed by atoms with Crippen LogP contribution < -0.4 is 0 Å². The van der Waals surface area contributed by atoms with E-state index >= 15 is 0 Å². The van der Waals surface area contributed by atoms with Gasteiger partial charge in [-0.1, -0.05) is 47.5 Å². The van der Waals surface area contributed by atoms with Crippen molar-refractivity contribution in [3.05, 3.63) is 0 Å². The number of aliphatic hydroxyl groups is 1. The number of hydrogen-bond acceptors (Lipinski definition) is 3. The highest BCUT2D eigenvalue weighted by molar-refractivity contribution is 5.86. The molecule has 2 aliphatic rings. The van der Waals surface area contributed by atoms with Crippen LogP contribution >= 0.6 is 0 Å². The fourth-order valence-corrected chi connectivity index (χ4v) is 5.33. The number of hydrogen-bond donors (Lipinski definition) is 1. The lowest BCUT2D eigenvalue weighted by Gasteiger charge is -2.54. The Morgan fingerprint density at radius 1 is 1.21 bits per heavy atom. The first-order chi connectivity index (χ1) is 11.2. The lowest BCUT2D eigenvalue weighted by atomic mass is 9.49. The Kier molecular flexibility index (Phi) is 6.28. The van der Waals surface area contributed by atoms with Crippen molar-refractivity contribution < 1.29 is 14.7 Å². The Balaban J connectivity index is 2.35. The predicted molar refractivity (Wildman–Crippen MR) is 96.6 cm³/mol. The maximum Gasteiger partial charge on any atom is 0.136 e. The van der Waals surface area contributed by atoms with Gasteiger partial charge in [-0.2, -0.15) is 0 Å². The van der Waals surface area contributed by atoms with E-state index in [9.17, 15) is 14.7 Å². The SMILES string of the molecule is CCCC(C)C1C(=O)C[C@@H]2CC(=O)CC[C@]2(C)C1CC(O)C(C)C. The summed E-state index contributed by atoms with van der Waals surface area (Å²) in [5.74, 6) is 1.66. The summed E-state index contributed by atoms with van der Waals surface area (Å²) >= 11 is 0. The average molecular weight is 337 g/mol. The van der Waals surface area contributed by atoms with Gasteiger partial charge in [-0.15, -0.1) is 0 Å².